The summed E-state index contributed by atoms with van der Waals surface area (Å²) < 4.78 is 1.85. The SMILES string of the molecule is CC(Nc1ccccc1-n1cccn1)c1cccc(Cl)c1. The van der Waals surface area contributed by atoms with Crippen LogP contribution in [-0.2, 0) is 0 Å². The molecule has 0 saturated carbocycles. The van der Waals surface area contributed by atoms with Gasteiger partial charge in [-0.25, -0.2) is 4.68 Å². The second-order valence-electron chi connectivity index (χ2n) is 4.89. The van der Waals surface area contributed by atoms with Gasteiger partial charge < -0.3 is 5.32 Å². The molecule has 1 heterocycles. The molecule has 21 heavy (non-hydrogen) atoms. The van der Waals surface area contributed by atoms with Gasteiger partial charge in [-0.2, -0.15) is 5.10 Å². The minimum atomic E-state index is 0.153. The summed E-state index contributed by atoms with van der Waals surface area (Å²) in [5, 5.41) is 8.57. The average molecular weight is 298 g/mol. The summed E-state index contributed by atoms with van der Waals surface area (Å²) >= 11 is 6.06. The lowest BCUT2D eigenvalue weighted by Crippen LogP contribution is -2.09. The molecule has 0 amide bonds. The molecule has 0 aliphatic carbocycles. The van der Waals surface area contributed by atoms with Crippen molar-refractivity contribution in [2.45, 2.75) is 13.0 Å². The first-order valence-electron chi connectivity index (χ1n) is 6.85. The zero-order valence-electron chi connectivity index (χ0n) is 11.7. The summed E-state index contributed by atoms with van der Waals surface area (Å²) in [4.78, 5) is 0. The summed E-state index contributed by atoms with van der Waals surface area (Å²) in [6.07, 6.45) is 3.71. The highest BCUT2D eigenvalue weighted by Crippen LogP contribution is 2.25. The van der Waals surface area contributed by atoms with Crippen LogP contribution in [0.4, 0.5) is 5.69 Å². The van der Waals surface area contributed by atoms with Crippen molar-refractivity contribution in [3.63, 3.8) is 0 Å². The molecule has 1 N–H and O–H groups in total. The molecule has 1 aromatic heterocycles. The van der Waals surface area contributed by atoms with E-state index in [1.165, 1.54) is 0 Å². The van der Waals surface area contributed by atoms with Crippen LogP contribution in [0.2, 0.25) is 5.02 Å². The molecule has 3 nitrogen and oxygen atoms in total. The number of rotatable bonds is 4. The topological polar surface area (TPSA) is 29.9 Å². The second-order valence-corrected chi connectivity index (χ2v) is 5.33. The number of hydrogen-bond acceptors (Lipinski definition) is 2. The van der Waals surface area contributed by atoms with Crippen molar-refractivity contribution in [1.82, 2.24) is 9.78 Å². The minimum Gasteiger partial charge on any atom is -0.377 e. The Bertz CT molecular complexity index is 722. The molecule has 3 rings (SSSR count). The summed E-state index contributed by atoms with van der Waals surface area (Å²) in [6, 6.07) is 18.1. The molecule has 4 heteroatoms. The molecule has 1 atom stereocenters. The predicted molar refractivity (Wildman–Crippen MR) is 87.1 cm³/mol. The third-order valence-electron chi connectivity index (χ3n) is 3.38. The van der Waals surface area contributed by atoms with Crippen molar-refractivity contribution < 1.29 is 0 Å². The lowest BCUT2D eigenvalue weighted by Gasteiger charge is -2.18. The van der Waals surface area contributed by atoms with E-state index in [0.717, 1.165) is 22.0 Å². The predicted octanol–water partition coefficient (Wildman–Crippen LogP) is 4.70. The molecule has 106 valence electrons. The van der Waals surface area contributed by atoms with E-state index in [-0.39, 0.29) is 6.04 Å². The highest BCUT2D eigenvalue weighted by atomic mass is 35.5. The van der Waals surface area contributed by atoms with E-state index in [2.05, 4.69) is 29.5 Å². The molecule has 2 aromatic carbocycles. The Morgan fingerprint density at radius 3 is 2.71 bits per heavy atom. The average Bonchev–Trinajstić information content (AvgIpc) is 3.02. The van der Waals surface area contributed by atoms with Crippen molar-refractivity contribution in [1.29, 1.82) is 0 Å². The maximum atomic E-state index is 6.06. The molecular formula is C17H16ClN3. The molecule has 1 unspecified atom stereocenters. The van der Waals surface area contributed by atoms with Crippen LogP contribution >= 0.6 is 11.6 Å². The van der Waals surface area contributed by atoms with E-state index < -0.39 is 0 Å². The Balaban J connectivity index is 1.88. The fourth-order valence-corrected chi connectivity index (χ4v) is 2.50. The Morgan fingerprint density at radius 2 is 1.95 bits per heavy atom. The third kappa shape index (κ3) is 3.09. The van der Waals surface area contributed by atoms with Gasteiger partial charge in [0.1, 0.15) is 0 Å². The molecule has 0 spiro atoms. The summed E-state index contributed by atoms with van der Waals surface area (Å²) in [6.45, 7) is 2.12. The van der Waals surface area contributed by atoms with Gasteiger partial charge in [0, 0.05) is 23.5 Å². The molecular weight excluding hydrogens is 282 g/mol. The van der Waals surface area contributed by atoms with Crippen molar-refractivity contribution in [2.24, 2.45) is 0 Å². The number of halogens is 1. The molecule has 0 aliphatic heterocycles. The van der Waals surface area contributed by atoms with E-state index in [4.69, 9.17) is 11.6 Å². The van der Waals surface area contributed by atoms with Crippen LogP contribution in [0, 0.1) is 0 Å². The molecule has 0 bridgehead atoms. The number of hydrogen-bond donors (Lipinski definition) is 1. The maximum Gasteiger partial charge on any atom is 0.0876 e. The van der Waals surface area contributed by atoms with Gasteiger partial charge in [-0.1, -0.05) is 35.9 Å². The van der Waals surface area contributed by atoms with E-state index in [9.17, 15) is 0 Å². The van der Waals surface area contributed by atoms with Crippen LogP contribution in [0.5, 0.6) is 0 Å². The van der Waals surface area contributed by atoms with Crippen LogP contribution in [0.25, 0.3) is 5.69 Å². The Kier molecular flexibility index (Phi) is 3.93. The van der Waals surface area contributed by atoms with E-state index in [0.29, 0.717) is 0 Å². The van der Waals surface area contributed by atoms with Crippen molar-refractivity contribution in [3.05, 3.63) is 77.6 Å². The summed E-state index contributed by atoms with van der Waals surface area (Å²) in [5.74, 6) is 0. The molecule has 3 aromatic rings. The van der Waals surface area contributed by atoms with Gasteiger partial charge in [0.05, 0.1) is 11.4 Å². The standard InChI is InChI=1S/C17H16ClN3/c1-13(14-6-4-7-15(18)12-14)20-16-8-2-3-9-17(16)21-11-5-10-19-21/h2-13,20H,1H3. The van der Waals surface area contributed by atoms with Crippen LogP contribution in [0.1, 0.15) is 18.5 Å². The maximum absolute atomic E-state index is 6.06. The minimum absolute atomic E-state index is 0.153. The van der Waals surface area contributed by atoms with Gasteiger partial charge >= 0.3 is 0 Å². The smallest absolute Gasteiger partial charge is 0.0876 e. The van der Waals surface area contributed by atoms with Gasteiger partial charge in [-0.3, -0.25) is 0 Å². The first kappa shape index (κ1) is 13.7. The molecule has 0 fully saturated rings. The number of para-hydroxylation sites is 2. The van der Waals surface area contributed by atoms with Gasteiger partial charge in [-0.15, -0.1) is 0 Å². The lowest BCUT2D eigenvalue weighted by molar-refractivity contribution is 0.853. The fraction of sp³-hybridized carbons (Fsp3) is 0.118. The zero-order valence-corrected chi connectivity index (χ0v) is 12.5. The highest BCUT2D eigenvalue weighted by molar-refractivity contribution is 6.30. The van der Waals surface area contributed by atoms with E-state index in [1.807, 2.05) is 53.3 Å². The van der Waals surface area contributed by atoms with Crippen LogP contribution in [-0.4, -0.2) is 9.78 Å². The number of anilines is 1. The van der Waals surface area contributed by atoms with E-state index in [1.54, 1.807) is 6.20 Å². The van der Waals surface area contributed by atoms with Crippen LogP contribution < -0.4 is 5.32 Å². The molecule has 0 aliphatic rings. The highest BCUT2D eigenvalue weighted by Gasteiger charge is 2.09. The van der Waals surface area contributed by atoms with Gasteiger partial charge in [0.2, 0.25) is 0 Å². The van der Waals surface area contributed by atoms with Crippen molar-refractivity contribution in [3.8, 4) is 5.69 Å². The van der Waals surface area contributed by atoms with E-state index >= 15 is 0 Å². The normalized spacial score (nSPS) is 12.1. The summed E-state index contributed by atoms with van der Waals surface area (Å²) in [7, 11) is 0. The number of nitrogens with zero attached hydrogens (tertiary/aromatic N) is 2. The zero-order chi connectivity index (χ0) is 14.7. The third-order valence-corrected chi connectivity index (χ3v) is 3.61. The Labute approximate surface area is 129 Å². The molecule has 0 saturated heterocycles. The van der Waals surface area contributed by atoms with Crippen molar-refractivity contribution >= 4 is 17.3 Å². The second kappa shape index (κ2) is 6.02. The summed E-state index contributed by atoms with van der Waals surface area (Å²) in [5.41, 5.74) is 3.21. The quantitative estimate of drug-likeness (QED) is 0.756. The van der Waals surface area contributed by atoms with Gasteiger partial charge in [0.25, 0.3) is 0 Å². The van der Waals surface area contributed by atoms with Crippen LogP contribution in [0.3, 0.4) is 0 Å². The Hall–Kier alpha value is -2.26. The first-order valence-corrected chi connectivity index (χ1v) is 7.23. The van der Waals surface area contributed by atoms with Gasteiger partial charge in [-0.05, 0) is 42.8 Å². The fourth-order valence-electron chi connectivity index (χ4n) is 2.30. The first-order chi connectivity index (χ1) is 10.2. The lowest BCUT2D eigenvalue weighted by atomic mass is 10.1. The monoisotopic (exact) mass is 297 g/mol. The van der Waals surface area contributed by atoms with Crippen molar-refractivity contribution in [2.75, 3.05) is 5.32 Å². The van der Waals surface area contributed by atoms with Gasteiger partial charge in [0.15, 0.2) is 0 Å². The number of aromatic nitrogens is 2. The van der Waals surface area contributed by atoms with Crippen LogP contribution in [0.15, 0.2) is 67.0 Å². The Morgan fingerprint density at radius 1 is 1.10 bits per heavy atom. The number of benzene rings is 2. The largest absolute Gasteiger partial charge is 0.377 e. The molecule has 0 radical (unpaired) electrons. The number of nitrogens with one attached hydrogen (secondary N) is 1.